The van der Waals surface area contributed by atoms with E-state index in [0.717, 1.165) is 4.88 Å². The summed E-state index contributed by atoms with van der Waals surface area (Å²) in [5, 5.41) is 2.04. The van der Waals surface area contributed by atoms with E-state index in [1.54, 1.807) is 11.3 Å². The Hall–Kier alpha value is -2.52. The molecule has 22 heavy (non-hydrogen) atoms. The van der Waals surface area contributed by atoms with E-state index in [1.807, 2.05) is 66.2 Å². The van der Waals surface area contributed by atoms with Crippen molar-refractivity contribution in [2.24, 2.45) is 4.99 Å². The second-order valence-electron chi connectivity index (χ2n) is 4.94. The Morgan fingerprint density at radius 3 is 2.45 bits per heavy atom. The minimum atomic E-state index is -0.00347. The third kappa shape index (κ3) is 3.05. The number of carbonyl (C=O) groups excluding carboxylic acids is 1. The van der Waals surface area contributed by atoms with Crippen LogP contribution < -0.4 is 0 Å². The first-order valence-corrected chi connectivity index (χ1v) is 7.90. The number of thiophene rings is 1. The Bertz CT molecular complexity index is 818. The summed E-state index contributed by atoms with van der Waals surface area (Å²) in [5.41, 5.74) is 3.20. The maximum absolute atomic E-state index is 12.6. The van der Waals surface area contributed by atoms with Gasteiger partial charge in [-0.05, 0) is 36.1 Å². The van der Waals surface area contributed by atoms with Gasteiger partial charge in [0.1, 0.15) is 0 Å². The maximum Gasteiger partial charge on any atom is 0.195 e. The van der Waals surface area contributed by atoms with E-state index < -0.39 is 0 Å². The second-order valence-corrected chi connectivity index (χ2v) is 5.89. The van der Waals surface area contributed by atoms with Crippen molar-refractivity contribution in [3.63, 3.8) is 0 Å². The summed E-state index contributed by atoms with van der Waals surface area (Å²) in [6, 6.07) is 18.8. The lowest BCUT2D eigenvalue weighted by Crippen LogP contribution is -2.01. The molecule has 0 saturated carbocycles. The predicted molar refractivity (Wildman–Crippen MR) is 92.6 cm³/mol. The lowest BCUT2D eigenvalue weighted by atomic mass is 10.0. The number of nitrogens with zero attached hydrogens (tertiary/aromatic N) is 1. The fourth-order valence-electron chi connectivity index (χ4n) is 2.17. The van der Waals surface area contributed by atoms with Crippen molar-refractivity contribution < 1.29 is 4.79 Å². The van der Waals surface area contributed by atoms with Crippen LogP contribution in [0.15, 0.2) is 71.0 Å². The average molecular weight is 305 g/mol. The molecular formula is C19H15NOS. The van der Waals surface area contributed by atoms with Gasteiger partial charge in [0, 0.05) is 22.2 Å². The van der Waals surface area contributed by atoms with E-state index >= 15 is 0 Å². The first kappa shape index (κ1) is 14.4. The molecule has 1 aromatic heterocycles. The number of rotatable bonds is 4. The smallest absolute Gasteiger partial charge is 0.195 e. The number of carbonyl (C=O) groups is 1. The lowest BCUT2D eigenvalue weighted by molar-refractivity contribution is 0.103. The van der Waals surface area contributed by atoms with E-state index in [1.165, 1.54) is 5.56 Å². The Balaban J connectivity index is 1.95. The molecular weight excluding hydrogens is 290 g/mol. The summed E-state index contributed by atoms with van der Waals surface area (Å²) in [4.78, 5) is 18.3. The number of aliphatic imine (C=N–C) groups is 1. The topological polar surface area (TPSA) is 29.4 Å². The zero-order valence-corrected chi connectivity index (χ0v) is 13.0. The summed E-state index contributed by atoms with van der Waals surface area (Å²) in [7, 11) is 0. The van der Waals surface area contributed by atoms with Gasteiger partial charge in [0.25, 0.3) is 0 Å². The largest absolute Gasteiger partial charge is 0.289 e. The van der Waals surface area contributed by atoms with Crippen LogP contribution in [-0.4, -0.2) is 12.0 Å². The van der Waals surface area contributed by atoms with Gasteiger partial charge in [-0.1, -0.05) is 42.5 Å². The third-order valence-corrected chi connectivity index (χ3v) is 4.36. The molecule has 0 radical (unpaired) electrons. The van der Waals surface area contributed by atoms with Gasteiger partial charge in [-0.15, -0.1) is 11.3 Å². The zero-order chi connectivity index (χ0) is 15.4. The number of para-hydroxylation sites is 1. The van der Waals surface area contributed by atoms with Gasteiger partial charge >= 0.3 is 0 Å². The minimum Gasteiger partial charge on any atom is -0.289 e. The fourth-order valence-corrected chi connectivity index (χ4v) is 2.95. The van der Waals surface area contributed by atoms with E-state index in [2.05, 4.69) is 18.0 Å². The quantitative estimate of drug-likeness (QED) is 0.490. The Kier molecular flexibility index (Phi) is 4.26. The molecule has 0 spiro atoms. The van der Waals surface area contributed by atoms with Gasteiger partial charge in [-0.2, -0.15) is 0 Å². The summed E-state index contributed by atoms with van der Waals surface area (Å²) >= 11 is 1.65. The van der Waals surface area contributed by atoms with Crippen LogP contribution in [0.5, 0.6) is 0 Å². The summed E-state index contributed by atoms with van der Waals surface area (Å²) < 4.78 is 0. The first-order chi connectivity index (χ1) is 10.8. The van der Waals surface area contributed by atoms with Crippen molar-refractivity contribution in [2.45, 2.75) is 6.92 Å². The normalized spacial score (nSPS) is 11.0. The molecule has 0 aliphatic rings. The monoisotopic (exact) mass is 305 g/mol. The van der Waals surface area contributed by atoms with Crippen molar-refractivity contribution >= 4 is 29.0 Å². The van der Waals surface area contributed by atoms with E-state index in [0.29, 0.717) is 16.8 Å². The molecule has 0 aliphatic heterocycles. The molecule has 0 unspecified atom stereocenters. The number of hydrogen-bond donors (Lipinski definition) is 0. The number of aryl methyl sites for hydroxylation is 1. The van der Waals surface area contributed by atoms with Gasteiger partial charge in [0.05, 0.1) is 5.69 Å². The number of ketones is 1. The van der Waals surface area contributed by atoms with Crippen LogP contribution in [0.2, 0.25) is 0 Å². The molecule has 0 bridgehead atoms. The summed E-state index contributed by atoms with van der Waals surface area (Å²) in [5.74, 6) is -0.00347. The molecule has 3 rings (SSSR count). The van der Waals surface area contributed by atoms with Crippen LogP contribution in [0.25, 0.3) is 0 Å². The molecule has 0 fully saturated rings. The minimum absolute atomic E-state index is 0.00347. The Labute approximate surface area is 133 Å². The molecule has 0 amide bonds. The highest BCUT2D eigenvalue weighted by Crippen LogP contribution is 2.23. The van der Waals surface area contributed by atoms with Crippen molar-refractivity contribution in [1.29, 1.82) is 0 Å². The predicted octanol–water partition coefficient (Wildman–Crippen LogP) is 5.04. The molecule has 2 nitrogen and oxygen atoms in total. The SMILES string of the molecule is Cc1ccsc1C=Nc1ccccc1C(=O)c1ccccc1. The van der Waals surface area contributed by atoms with Gasteiger partial charge in [0.15, 0.2) is 5.78 Å². The van der Waals surface area contributed by atoms with Crippen LogP contribution in [0, 0.1) is 6.92 Å². The molecule has 108 valence electrons. The Morgan fingerprint density at radius 1 is 1.00 bits per heavy atom. The molecule has 0 atom stereocenters. The molecule has 0 saturated heterocycles. The van der Waals surface area contributed by atoms with Gasteiger partial charge in [-0.3, -0.25) is 9.79 Å². The average Bonchev–Trinajstić information content (AvgIpc) is 2.98. The van der Waals surface area contributed by atoms with Crippen LogP contribution in [0.4, 0.5) is 5.69 Å². The first-order valence-electron chi connectivity index (χ1n) is 7.02. The van der Waals surface area contributed by atoms with Crippen molar-refractivity contribution in [3.05, 3.63) is 87.6 Å². The molecule has 0 aliphatic carbocycles. The van der Waals surface area contributed by atoms with Crippen LogP contribution >= 0.6 is 11.3 Å². The fraction of sp³-hybridized carbons (Fsp3) is 0.0526. The van der Waals surface area contributed by atoms with E-state index in [-0.39, 0.29) is 5.78 Å². The van der Waals surface area contributed by atoms with E-state index in [9.17, 15) is 4.79 Å². The maximum atomic E-state index is 12.6. The summed E-state index contributed by atoms with van der Waals surface area (Å²) in [6.45, 7) is 2.05. The van der Waals surface area contributed by atoms with Gasteiger partial charge in [-0.25, -0.2) is 0 Å². The number of benzene rings is 2. The summed E-state index contributed by atoms with van der Waals surface area (Å²) in [6.07, 6.45) is 1.83. The second kappa shape index (κ2) is 6.50. The van der Waals surface area contributed by atoms with Crippen molar-refractivity contribution in [3.8, 4) is 0 Å². The molecule has 1 heterocycles. The van der Waals surface area contributed by atoms with Crippen LogP contribution in [0.1, 0.15) is 26.4 Å². The standard InChI is InChI=1S/C19H15NOS/c1-14-11-12-22-18(14)13-20-17-10-6-5-9-16(17)19(21)15-7-3-2-4-8-15/h2-13H,1H3. The van der Waals surface area contributed by atoms with Gasteiger partial charge in [0.2, 0.25) is 0 Å². The third-order valence-electron chi connectivity index (χ3n) is 3.41. The highest BCUT2D eigenvalue weighted by Gasteiger charge is 2.12. The zero-order valence-electron chi connectivity index (χ0n) is 12.2. The van der Waals surface area contributed by atoms with Crippen molar-refractivity contribution in [2.75, 3.05) is 0 Å². The van der Waals surface area contributed by atoms with Crippen molar-refractivity contribution in [1.82, 2.24) is 0 Å². The van der Waals surface area contributed by atoms with Gasteiger partial charge < -0.3 is 0 Å². The highest BCUT2D eigenvalue weighted by molar-refractivity contribution is 7.11. The van der Waals surface area contributed by atoms with Crippen LogP contribution in [-0.2, 0) is 0 Å². The molecule has 3 aromatic rings. The lowest BCUT2D eigenvalue weighted by Gasteiger charge is -2.04. The molecule has 0 N–H and O–H groups in total. The molecule has 3 heteroatoms. The molecule has 2 aromatic carbocycles. The highest BCUT2D eigenvalue weighted by atomic mass is 32.1. The van der Waals surface area contributed by atoms with Crippen LogP contribution in [0.3, 0.4) is 0 Å². The number of hydrogen-bond acceptors (Lipinski definition) is 3. The van der Waals surface area contributed by atoms with E-state index in [4.69, 9.17) is 0 Å². The Morgan fingerprint density at radius 2 is 1.73 bits per heavy atom.